The van der Waals surface area contributed by atoms with E-state index in [0.717, 1.165) is 28.0 Å². The molecule has 1 aliphatic carbocycles. The predicted octanol–water partition coefficient (Wildman–Crippen LogP) is 4.12. The van der Waals surface area contributed by atoms with E-state index in [-0.39, 0.29) is 48.4 Å². The normalized spacial score (nSPS) is 21.7. The first kappa shape index (κ1) is 36.2. The number of hydrogen-bond donors (Lipinski definition) is 3. The maximum absolute atomic E-state index is 13.9. The third kappa shape index (κ3) is 8.42. The molecule has 46 heavy (non-hydrogen) atoms. The van der Waals surface area contributed by atoms with Crippen LogP contribution in [0.5, 0.6) is 0 Å². The Balaban J connectivity index is 0.00000480. The first-order valence-electron chi connectivity index (χ1n) is 14.6. The standard InChI is InChI=1S/C30H36ClN5O7S2.ClH/c1-15(2)26(32)30(38)43-24-10-20(8-18(24)13-42-45(33,39)40)36-29-23(12-34-14-35-29)27(37)25-11-21(16(3)44-25)28-22-9-19(31)5-4-17(22)6-7-41-28;/h4-5,9,11-12,14-15,18,20,24,26,28H,6-8,10,13,32H2,1-3H3,(H2,33,39,40)(H,34,35,36);1H/t18-,20-,24+,26+,28+;/m1./s1. The van der Waals surface area contributed by atoms with Crippen molar-refractivity contribution in [3.63, 3.8) is 0 Å². The number of aromatic nitrogens is 2. The van der Waals surface area contributed by atoms with Crippen LogP contribution in [0, 0.1) is 18.8 Å². The molecule has 0 radical (unpaired) electrons. The monoisotopic (exact) mass is 713 g/mol. The number of benzene rings is 1. The van der Waals surface area contributed by atoms with Gasteiger partial charge in [-0.05, 0) is 60.6 Å². The summed E-state index contributed by atoms with van der Waals surface area (Å²) in [7, 11) is -4.21. The number of aryl methyl sites for hydroxylation is 1. The van der Waals surface area contributed by atoms with Crippen molar-refractivity contribution in [1.82, 2.24) is 9.97 Å². The van der Waals surface area contributed by atoms with Crippen LogP contribution in [-0.4, -0.2) is 61.5 Å². The minimum absolute atomic E-state index is 0. The molecule has 0 amide bonds. The maximum Gasteiger partial charge on any atom is 0.333 e. The summed E-state index contributed by atoms with van der Waals surface area (Å²) in [6.07, 6.45) is 3.19. The van der Waals surface area contributed by atoms with Gasteiger partial charge in [0.05, 0.1) is 23.7 Å². The van der Waals surface area contributed by atoms with Gasteiger partial charge in [-0.1, -0.05) is 31.5 Å². The van der Waals surface area contributed by atoms with Gasteiger partial charge < -0.3 is 20.5 Å². The summed E-state index contributed by atoms with van der Waals surface area (Å²) in [5.41, 5.74) is 9.29. The van der Waals surface area contributed by atoms with Crippen molar-refractivity contribution in [2.45, 2.75) is 64.3 Å². The Morgan fingerprint density at radius 3 is 2.70 bits per heavy atom. The molecule has 3 heterocycles. The van der Waals surface area contributed by atoms with Gasteiger partial charge in [0.1, 0.15) is 30.4 Å². The lowest BCUT2D eigenvalue weighted by atomic mass is 9.93. The lowest BCUT2D eigenvalue weighted by Crippen LogP contribution is -2.40. The van der Waals surface area contributed by atoms with E-state index in [2.05, 4.69) is 15.3 Å². The highest BCUT2D eigenvalue weighted by molar-refractivity contribution is 7.84. The number of ether oxygens (including phenoxy) is 2. The number of esters is 1. The van der Waals surface area contributed by atoms with Crippen molar-refractivity contribution < 1.29 is 31.7 Å². The third-order valence-corrected chi connectivity index (χ3v) is 9.91. The number of nitrogens with one attached hydrogen (secondary N) is 1. The van der Waals surface area contributed by atoms with Crippen molar-refractivity contribution in [2.75, 3.05) is 18.5 Å². The summed E-state index contributed by atoms with van der Waals surface area (Å²) in [5, 5.41) is 8.95. The Morgan fingerprint density at radius 2 is 1.98 bits per heavy atom. The summed E-state index contributed by atoms with van der Waals surface area (Å²) in [4.78, 5) is 36.4. The number of carbonyl (C=O) groups is 2. The molecule has 0 bridgehead atoms. The molecule has 12 nitrogen and oxygen atoms in total. The molecule has 3 aromatic rings. The summed E-state index contributed by atoms with van der Waals surface area (Å²) < 4.78 is 39.7. The van der Waals surface area contributed by atoms with Crippen molar-refractivity contribution in [3.8, 4) is 0 Å². The number of ketones is 1. The van der Waals surface area contributed by atoms with Crippen LogP contribution < -0.4 is 16.2 Å². The molecule has 250 valence electrons. The number of rotatable bonds is 11. The van der Waals surface area contributed by atoms with Crippen LogP contribution in [0.1, 0.15) is 69.6 Å². The van der Waals surface area contributed by atoms with Gasteiger partial charge >= 0.3 is 16.3 Å². The van der Waals surface area contributed by atoms with Crippen LogP contribution in [0.15, 0.2) is 36.8 Å². The molecule has 1 aromatic carbocycles. The first-order valence-corrected chi connectivity index (χ1v) is 17.2. The van der Waals surface area contributed by atoms with Crippen molar-refractivity contribution in [1.29, 1.82) is 0 Å². The van der Waals surface area contributed by atoms with Gasteiger partial charge in [-0.15, -0.1) is 23.7 Å². The average molecular weight is 715 g/mol. The number of halogens is 2. The highest BCUT2D eigenvalue weighted by atomic mass is 35.5. The Bertz CT molecular complexity index is 1690. The predicted molar refractivity (Wildman–Crippen MR) is 177 cm³/mol. The summed E-state index contributed by atoms with van der Waals surface area (Å²) >= 11 is 7.66. The van der Waals surface area contributed by atoms with Gasteiger partial charge in [0, 0.05) is 34.5 Å². The van der Waals surface area contributed by atoms with Gasteiger partial charge in [-0.3, -0.25) is 13.8 Å². The molecule has 0 saturated heterocycles. The second-order valence-electron chi connectivity index (χ2n) is 11.7. The average Bonchev–Trinajstić information content (AvgIpc) is 3.57. The molecule has 0 unspecified atom stereocenters. The molecule has 5 N–H and O–H groups in total. The molecule has 1 saturated carbocycles. The molecule has 2 aromatic heterocycles. The van der Waals surface area contributed by atoms with E-state index in [1.807, 2.05) is 31.2 Å². The Morgan fingerprint density at radius 1 is 1.22 bits per heavy atom. The van der Waals surface area contributed by atoms with Crippen LogP contribution in [0.4, 0.5) is 5.82 Å². The minimum Gasteiger partial charge on any atom is -0.461 e. The number of thiophene rings is 1. The van der Waals surface area contributed by atoms with Crippen molar-refractivity contribution >= 4 is 63.2 Å². The zero-order valence-corrected chi connectivity index (χ0v) is 28.7. The summed E-state index contributed by atoms with van der Waals surface area (Å²) in [6.45, 7) is 5.83. The van der Waals surface area contributed by atoms with Crippen LogP contribution in [-0.2, 0) is 35.2 Å². The SMILES string of the molecule is Cc1sc(C(=O)c2cncnc2N[C@@H]2C[C@H](COS(N)(=O)=O)[C@@H](OC(=O)[C@@H](N)C(C)C)C2)cc1[C@@H]1OCCc2ccc(Cl)cc21.Cl. The molecule has 1 aliphatic heterocycles. The van der Waals surface area contributed by atoms with Gasteiger partial charge in [0.2, 0.25) is 5.78 Å². The second kappa shape index (κ2) is 15.0. The lowest BCUT2D eigenvalue weighted by Gasteiger charge is -2.26. The van der Waals surface area contributed by atoms with Gasteiger partial charge in [0.25, 0.3) is 0 Å². The number of hydrogen-bond acceptors (Lipinski definition) is 12. The third-order valence-electron chi connectivity index (χ3n) is 8.14. The first-order chi connectivity index (χ1) is 21.3. The largest absolute Gasteiger partial charge is 0.461 e. The van der Waals surface area contributed by atoms with E-state index in [4.69, 9.17) is 36.1 Å². The van der Waals surface area contributed by atoms with Gasteiger partial charge in [-0.2, -0.15) is 8.42 Å². The topological polar surface area (TPSA) is 186 Å². The number of anilines is 1. The molecule has 0 spiro atoms. The summed E-state index contributed by atoms with van der Waals surface area (Å²) in [6, 6.07) is 6.46. The van der Waals surface area contributed by atoms with E-state index in [9.17, 15) is 18.0 Å². The fraction of sp³-hybridized carbons (Fsp3) is 0.467. The number of fused-ring (bicyclic) bond motifs is 1. The highest BCUT2D eigenvalue weighted by Gasteiger charge is 2.39. The molecule has 5 rings (SSSR count). The molecule has 5 atom stereocenters. The minimum atomic E-state index is -4.21. The number of carbonyl (C=O) groups excluding carboxylic acids is 2. The lowest BCUT2D eigenvalue weighted by molar-refractivity contribution is -0.153. The molecule has 1 fully saturated rings. The fourth-order valence-electron chi connectivity index (χ4n) is 5.68. The van der Waals surface area contributed by atoms with E-state index >= 15 is 0 Å². The van der Waals surface area contributed by atoms with E-state index < -0.39 is 34.3 Å². The smallest absolute Gasteiger partial charge is 0.333 e. The quantitative estimate of drug-likeness (QED) is 0.192. The van der Waals surface area contributed by atoms with Crippen molar-refractivity contribution in [3.05, 3.63) is 73.8 Å². The molecular weight excluding hydrogens is 677 g/mol. The van der Waals surface area contributed by atoms with E-state index in [0.29, 0.717) is 35.2 Å². The summed E-state index contributed by atoms with van der Waals surface area (Å²) in [5.74, 6) is -1.21. The molecule has 16 heteroatoms. The van der Waals surface area contributed by atoms with Crippen molar-refractivity contribution in [2.24, 2.45) is 22.7 Å². The Labute approximate surface area is 283 Å². The number of nitrogens with zero attached hydrogens (tertiary/aromatic N) is 2. The Hall–Kier alpha value is -2.69. The van der Waals surface area contributed by atoms with E-state index in [1.54, 1.807) is 13.8 Å². The van der Waals surface area contributed by atoms with Gasteiger partial charge in [0.15, 0.2) is 0 Å². The molecule has 2 aliphatic rings. The van der Waals surface area contributed by atoms with E-state index in [1.165, 1.54) is 23.9 Å². The van der Waals surface area contributed by atoms with Crippen LogP contribution in [0.3, 0.4) is 0 Å². The molecular formula is C30H37Cl2N5O7S2. The van der Waals surface area contributed by atoms with Crippen LogP contribution in [0.2, 0.25) is 5.02 Å². The van der Waals surface area contributed by atoms with Gasteiger partial charge in [-0.25, -0.2) is 15.1 Å². The zero-order chi connectivity index (χ0) is 32.5. The fourth-order valence-corrected chi connectivity index (χ4v) is 7.23. The Kier molecular flexibility index (Phi) is 11.8. The zero-order valence-electron chi connectivity index (χ0n) is 25.5. The van der Waals surface area contributed by atoms with Crippen LogP contribution in [0.25, 0.3) is 0 Å². The maximum atomic E-state index is 13.9. The van der Waals surface area contributed by atoms with Crippen LogP contribution >= 0.6 is 35.3 Å². The highest BCUT2D eigenvalue weighted by Crippen LogP contribution is 2.39. The number of nitrogens with two attached hydrogens (primary N) is 2. The second-order valence-corrected chi connectivity index (χ2v) is 14.6.